The smallest absolute Gasteiger partial charge is 0.377 e. The van der Waals surface area contributed by atoms with Crippen molar-refractivity contribution >= 4 is 17.5 Å². The molecular formula is C19H27FN2O4. The standard InChI is InChI=1S/C19H27FN2O4/c1-7-26-18(24)17(23)19(6,22(12(2)3)13(4)5)16(21-25)14-8-10-15(20)11-9-14/h8-13,25H,7H2,1-6H3. The summed E-state index contributed by atoms with van der Waals surface area (Å²) in [5.41, 5.74) is -1.31. The molecule has 0 saturated heterocycles. The molecule has 0 heterocycles. The summed E-state index contributed by atoms with van der Waals surface area (Å²) >= 11 is 0. The minimum absolute atomic E-state index is 0.0436. The van der Waals surface area contributed by atoms with E-state index < -0.39 is 23.1 Å². The van der Waals surface area contributed by atoms with E-state index in [0.717, 1.165) is 0 Å². The van der Waals surface area contributed by atoms with Gasteiger partial charge in [0.25, 0.3) is 5.78 Å². The molecule has 0 spiro atoms. The third-order valence-electron chi connectivity index (χ3n) is 4.21. The molecule has 6 nitrogen and oxygen atoms in total. The Morgan fingerprint density at radius 2 is 1.69 bits per heavy atom. The third-order valence-corrected chi connectivity index (χ3v) is 4.21. The molecule has 144 valence electrons. The molecule has 0 fully saturated rings. The van der Waals surface area contributed by atoms with E-state index >= 15 is 0 Å². The molecule has 1 atom stereocenters. The summed E-state index contributed by atoms with van der Waals surface area (Å²) in [6, 6.07) is 4.89. The van der Waals surface area contributed by atoms with Crippen LogP contribution in [0.2, 0.25) is 0 Å². The van der Waals surface area contributed by atoms with Gasteiger partial charge in [-0.1, -0.05) is 17.3 Å². The molecule has 0 bridgehead atoms. The average molecular weight is 366 g/mol. The van der Waals surface area contributed by atoms with Gasteiger partial charge in [-0.2, -0.15) is 0 Å². The van der Waals surface area contributed by atoms with E-state index in [9.17, 15) is 19.2 Å². The Balaban J connectivity index is 3.63. The summed E-state index contributed by atoms with van der Waals surface area (Å²) < 4.78 is 18.2. The van der Waals surface area contributed by atoms with Crippen LogP contribution in [0.3, 0.4) is 0 Å². The maximum Gasteiger partial charge on any atom is 0.377 e. The second kappa shape index (κ2) is 8.89. The van der Waals surface area contributed by atoms with E-state index in [1.165, 1.54) is 31.2 Å². The largest absolute Gasteiger partial charge is 0.460 e. The van der Waals surface area contributed by atoms with Gasteiger partial charge in [-0.15, -0.1) is 0 Å². The van der Waals surface area contributed by atoms with Crippen molar-refractivity contribution in [3.63, 3.8) is 0 Å². The van der Waals surface area contributed by atoms with E-state index in [1.807, 2.05) is 27.7 Å². The first kappa shape index (κ1) is 21.8. The highest BCUT2D eigenvalue weighted by molar-refractivity contribution is 6.44. The summed E-state index contributed by atoms with van der Waals surface area (Å²) in [6.07, 6.45) is 0. The van der Waals surface area contributed by atoms with Crippen LogP contribution in [0, 0.1) is 5.82 Å². The quantitative estimate of drug-likeness (QED) is 0.252. The Kier molecular flexibility index (Phi) is 7.44. The molecule has 1 aromatic rings. The lowest BCUT2D eigenvalue weighted by Gasteiger charge is -2.44. The molecule has 0 aliphatic rings. The molecule has 0 aromatic heterocycles. The topological polar surface area (TPSA) is 79.2 Å². The van der Waals surface area contributed by atoms with Crippen LogP contribution in [0.25, 0.3) is 0 Å². The fourth-order valence-corrected chi connectivity index (χ4v) is 3.42. The number of rotatable bonds is 8. The van der Waals surface area contributed by atoms with Gasteiger partial charge in [0.05, 0.1) is 6.61 Å². The van der Waals surface area contributed by atoms with Gasteiger partial charge in [0, 0.05) is 17.6 Å². The normalized spacial score (nSPS) is 14.6. The lowest BCUT2D eigenvalue weighted by atomic mass is 9.82. The molecule has 0 radical (unpaired) electrons. The van der Waals surface area contributed by atoms with Crippen LogP contribution < -0.4 is 0 Å². The Labute approximate surface area is 153 Å². The van der Waals surface area contributed by atoms with Crippen molar-refractivity contribution in [2.24, 2.45) is 5.16 Å². The van der Waals surface area contributed by atoms with E-state index in [4.69, 9.17) is 4.74 Å². The first-order valence-corrected chi connectivity index (χ1v) is 8.59. The van der Waals surface area contributed by atoms with Gasteiger partial charge < -0.3 is 9.94 Å². The van der Waals surface area contributed by atoms with Gasteiger partial charge in [0.15, 0.2) is 0 Å². The number of esters is 1. The summed E-state index contributed by atoms with van der Waals surface area (Å²) in [5, 5.41) is 13.1. The summed E-state index contributed by atoms with van der Waals surface area (Å²) in [6.45, 7) is 10.7. The number of hydrogen-bond acceptors (Lipinski definition) is 6. The van der Waals surface area contributed by atoms with Crippen LogP contribution in [0.1, 0.15) is 47.1 Å². The summed E-state index contributed by atoms with van der Waals surface area (Å²) in [7, 11) is 0. The first-order valence-electron chi connectivity index (χ1n) is 8.59. The number of halogens is 1. The maximum absolute atomic E-state index is 13.3. The molecule has 0 aliphatic carbocycles. The molecule has 26 heavy (non-hydrogen) atoms. The number of oxime groups is 1. The molecule has 0 aliphatic heterocycles. The molecule has 1 unspecified atom stereocenters. The van der Waals surface area contributed by atoms with E-state index in [-0.39, 0.29) is 24.4 Å². The number of hydrogen-bond donors (Lipinski definition) is 1. The predicted molar refractivity (Wildman–Crippen MR) is 96.9 cm³/mol. The summed E-state index contributed by atoms with van der Waals surface area (Å²) in [5.74, 6) is -2.32. The van der Waals surface area contributed by atoms with Crippen LogP contribution in [0.5, 0.6) is 0 Å². The number of ether oxygens (including phenoxy) is 1. The number of carbonyl (C=O) groups excluding carboxylic acids is 2. The summed E-state index contributed by atoms with van der Waals surface area (Å²) in [4.78, 5) is 27.1. The van der Waals surface area contributed by atoms with Crippen molar-refractivity contribution in [2.45, 2.75) is 59.2 Å². The predicted octanol–water partition coefficient (Wildman–Crippen LogP) is 3.01. The molecule has 1 N–H and O–H groups in total. The van der Waals surface area contributed by atoms with Crippen molar-refractivity contribution < 1.29 is 23.9 Å². The van der Waals surface area contributed by atoms with Crippen molar-refractivity contribution in [3.05, 3.63) is 35.6 Å². The van der Waals surface area contributed by atoms with Crippen molar-refractivity contribution in [3.8, 4) is 0 Å². The fourth-order valence-electron chi connectivity index (χ4n) is 3.42. The Morgan fingerprint density at radius 1 is 1.19 bits per heavy atom. The molecule has 1 aromatic carbocycles. The van der Waals surface area contributed by atoms with Gasteiger partial charge >= 0.3 is 5.97 Å². The fraction of sp³-hybridized carbons (Fsp3) is 0.526. The van der Waals surface area contributed by atoms with Gasteiger partial charge in [0.2, 0.25) is 0 Å². The number of ketones is 1. The molecular weight excluding hydrogens is 339 g/mol. The number of benzene rings is 1. The average Bonchev–Trinajstić information content (AvgIpc) is 2.55. The number of Topliss-reactive ketones (excluding diaryl/α,β-unsaturated/α-hetero) is 1. The molecule has 1 rings (SSSR count). The van der Waals surface area contributed by atoms with E-state index in [1.54, 1.807) is 11.8 Å². The van der Waals surface area contributed by atoms with Crippen molar-refractivity contribution in [1.29, 1.82) is 0 Å². The van der Waals surface area contributed by atoms with E-state index in [2.05, 4.69) is 5.16 Å². The highest BCUT2D eigenvalue weighted by Crippen LogP contribution is 2.28. The van der Waals surface area contributed by atoms with Crippen LogP contribution in [0.4, 0.5) is 4.39 Å². The zero-order valence-corrected chi connectivity index (χ0v) is 16.1. The van der Waals surface area contributed by atoms with Gasteiger partial charge in [-0.3, -0.25) is 9.69 Å². The monoisotopic (exact) mass is 366 g/mol. The second-order valence-corrected chi connectivity index (χ2v) is 6.67. The molecule has 0 saturated carbocycles. The van der Waals surface area contributed by atoms with Crippen LogP contribution in [0.15, 0.2) is 29.4 Å². The Morgan fingerprint density at radius 3 is 2.08 bits per heavy atom. The Hall–Kier alpha value is -2.28. The second-order valence-electron chi connectivity index (χ2n) is 6.67. The lowest BCUT2D eigenvalue weighted by Crippen LogP contribution is -2.64. The van der Waals surface area contributed by atoms with Gasteiger partial charge in [-0.05, 0) is 53.7 Å². The SMILES string of the molecule is CCOC(=O)C(=O)C(C)(C(=NO)c1ccc(F)cc1)N(C(C)C)C(C)C. The van der Waals surface area contributed by atoms with Crippen LogP contribution in [-0.2, 0) is 14.3 Å². The highest BCUT2D eigenvalue weighted by Gasteiger charge is 2.50. The van der Waals surface area contributed by atoms with Gasteiger partial charge in [-0.25, -0.2) is 9.18 Å². The Bertz CT molecular complexity index is 663. The van der Waals surface area contributed by atoms with Crippen molar-refractivity contribution in [1.82, 2.24) is 4.90 Å². The number of nitrogens with zero attached hydrogens (tertiary/aromatic N) is 2. The third kappa shape index (κ3) is 4.27. The first-order chi connectivity index (χ1) is 12.1. The van der Waals surface area contributed by atoms with Crippen molar-refractivity contribution in [2.75, 3.05) is 6.61 Å². The van der Waals surface area contributed by atoms with Crippen LogP contribution in [-0.4, -0.2) is 51.8 Å². The zero-order chi connectivity index (χ0) is 20.1. The lowest BCUT2D eigenvalue weighted by molar-refractivity contribution is -0.158. The minimum Gasteiger partial charge on any atom is -0.460 e. The van der Waals surface area contributed by atoms with Crippen LogP contribution >= 0.6 is 0 Å². The zero-order valence-electron chi connectivity index (χ0n) is 16.1. The van der Waals surface area contributed by atoms with E-state index in [0.29, 0.717) is 5.56 Å². The minimum atomic E-state index is -1.60. The van der Waals surface area contributed by atoms with Gasteiger partial charge in [0.1, 0.15) is 17.1 Å². The maximum atomic E-state index is 13.3. The molecule has 7 heteroatoms. The molecule has 0 amide bonds. The number of carbonyl (C=O) groups is 2. The highest BCUT2D eigenvalue weighted by atomic mass is 19.1.